The van der Waals surface area contributed by atoms with Crippen molar-refractivity contribution in [3.63, 3.8) is 0 Å². The summed E-state index contributed by atoms with van der Waals surface area (Å²) in [6.45, 7) is 3.49. The number of benzene rings is 1. The molecule has 0 spiro atoms. The van der Waals surface area contributed by atoms with Gasteiger partial charge in [0.15, 0.2) is 6.10 Å². The maximum atomic E-state index is 12.3. The van der Waals surface area contributed by atoms with Crippen molar-refractivity contribution in [2.24, 2.45) is 11.8 Å². The Morgan fingerprint density at radius 1 is 1.17 bits per heavy atom. The normalized spacial score (nSPS) is 18.2. The van der Waals surface area contributed by atoms with Crippen LogP contribution in [0.4, 0.5) is 0 Å². The number of Topliss-reactive ketones (excluding diaryl/α,β-unsaturated/α-hetero) is 1. The summed E-state index contributed by atoms with van der Waals surface area (Å²) in [5, 5.41) is 9.56. The second-order valence-corrected chi connectivity index (χ2v) is 8.81. The van der Waals surface area contributed by atoms with Gasteiger partial charge in [-0.15, -0.1) is 5.73 Å². The largest absolute Gasteiger partial charge is 0.493 e. The summed E-state index contributed by atoms with van der Waals surface area (Å²) in [7, 11) is 1.24. The van der Waals surface area contributed by atoms with Crippen molar-refractivity contribution in [2.45, 2.75) is 70.8 Å². The fraction of sp³-hybridized carbons (Fsp3) is 0.552. The number of ketones is 1. The molecule has 1 fully saturated rings. The van der Waals surface area contributed by atoms with Crippen LogP contribution in [-0.2, 0) is 14.3 Å². The Kier molecular flexibility index (Phi) is 13.6. The van der Waals surface area contributed by atoms with Gasteiger partial charge in [-0.1, -0.05) is 44.4 Å². The second-order valence-electron chi connectivity index (χ2n) is 8.81. The smallest absolute Gasteiger partial charge is 0.335 e. The summed E-state index contributed by atoms with van der Waals surface area (Å²) in [6.07, 6.45) is 14.1. The molecule has 1 N–H and O–H groups in total. The van der Waals surface area contributed by atoms with Gasteiger partial charge in [-0.3, -0.25) is 4.79 Å². The van der Waals surface area contributed by atoms with E-state index in [9.17, 15) is 14.7 Å². The summed E-state index contributed by atoms with van der Waals surface area (Å²) in [6, 6.07) is 7.76. The van der Waals surface area contributed by atoms with E-state index in [0.29, 0.717) is 19.4 Å². The average Bonchev–Trinajstić information content (AvgIpc) is 3.22. The minimum Gasteiger partial charge on any atom is -0.493 e. The number of methoxy groups -OCH3 is 1. The highest BCUT2D eigenvalue weighted by molar-refractivity contribution is 5.83. The van der Waals surface area contributed by atoms with Crippen LogP contribution in [0.25, 0.3) is 0 Å². The highest BCUT2D eigenvalue weighted by Gasteiger charge is 2.31. The van der Waals surface area contributed by atoms with E-state index >= 15 is 0 Å². The SMILES string of the molecule is CCCCCCOc1cccc(OCC/C=C/[C@H]2CCC(=O)[C@@H]2CC=C=CCC(O)C(=O)OC)c1. The zero-order valence-electron chi connectivity index (χ0n) is 21.1. The Balaban J connectivity index is 1.72. The average molecular weight is 485 g/mol. The molecule has 1 aromatic rings. The van der Waals surface area contributed by atoms with Crippen LogP contribution in [0.3, 0.4) is 0 Å². The fourth-order valence-electron chi connectivity index (χ4n) is 4.05. The Morgan fingerprint density at radius 2 is 1.94 bits per heavy atom. The lowest BCUT2D eigenvalue weighted by atomic mass is 9.91. The van der Waals surface area contributed by atoms with Gasteiger partial charge < -0.3 is 19.3 Å². The van der Waals surface area contributed by atoms with Gasteiger partial charge >= 0.3 is 5.97 Å². The van der Waals surface area contributed by atoms with Gasteiger partial charge in [0.2, 0.25) is 0 Å². The van der Waals surface area contributed by atoms with Crippen LogP contribution in [0.15, 0.2) is 54.3 Å². The van der Waals surface area contributed by atoms with E-state index in [0.717, 1.165) is 37.4 Å². The van der Waals surface area contributed by atoms with Crippen molar-refractivity contribution in [2.75, 3.05) is 20.3 Å². The molecule has 35 heavy (non-hydrogen) atoms. The Labute approximate surface area is 209 Å². The molecule has 0 aromatic heterocycles. The van der Waals surface area contributed by atoms with E-state index in [1.807, 2.05) is 24.3 Å². The van der Waals surface area contributed by atoms with Crippen molar-refractivity contribution in [1.82, 2.24) is 0 Å². The lowest BCUT2D eigenvalue weighted by Crippen LogP contribution is -2.20. The van der Waals surface area contributed by atoms with Gasteiger partial charge in [-0.2, -0.15) is 0 Å². The lowest BCUT2D eigenvalue weighted by Gasteiger charge is -2.12. The monoisotopic (exact) mass is 484 g/mol. The van der Waals surface area contributed by atoms with E-state index in [4.69, 9.17) is 9.47 Å². The molecule has 1 aromatic carbocycles. The number of unbranched alkanes of at least 4 members (excludes halogenated alkanes) is 3. The number of carbonyl (C=O) groups excluding carboxylic acids is 2. The topological polar surface area (TPSA) is 82.1 Å². The number of hydrogen-bond acceptors (Lipinski definition) is 6. The Bertz CT molecular complexity index is 868. The first-order chi connectivity index (χ1) is 17.0. The molecule has 6 heteroatoms. The van der Waals surface area contributed by atoms with Crippen LogP contribution in [0.2, 0.25) is 0 Å². The van der Waals surface area contributed by atoms with Crippen LogP contribution >= 0.6 is 0 Å². The fourth-order valence-corrected chi connectivity index (χ4v) is 4.05. The van der Waals surface area contributed by atoms with Gasteiger partial charge in [0.05, 0.1) is 20.3 Å². The molecule has 2 rings (SSSR count). The molecule has 1 saturated carbocycles. The van der Waals surface area contributed by atoms with Gasteiger partial charge in [-0.05, 0) is 55.9 Å². The Hall–Kier alpha value is -2.82. The minimum absolute atomic E-state index is 0.0512. The van der Waals surface area contributed by atoms with Crippen molar-refractivity contribution in [3.8, 4) is 11.5 Å². The predicted molar refractivity (Wildman–Crippen MR) is 136 cm³/mol. The summed E-state index contributed by atoms with van der Waals surface area (Å²) in [5.41, 5.74) is 2.96. The number of carbonyl (C=O) groups is 2. The van der Waals surface area contributed by atoms with Gasteiger partial charge in [0, 0.05) is 24.8 Å². The number of aliphatic hydroxyl groups is 1. The van der Waals surface area contributed by atoms with Crippen LogP contribution in [0, 0.1) is 11.8 Å². The quantitative estimate of drug-likeness (QED) is 0.143. The molecule has 1 aliphatic rings. The molecule has 0 aliphatic heterocycles. The first-order valence-corrected chi connectivity index (χ1v) is 12.8. The van der Waals surface area contributed by atoms with Crippen LogP contribution < -0.4 is 9.47 Å². The van der Waals surface area contributed by atoms with E-state index in [1.54, 1.807) is 12.2 Å². The van der Waals surface area contributed by atoms with Gasteiger partial charge in [0.1, 0.15) is 17.3 Å². The molecule has 0 amide bonds. The summed E-state index contributed by atoms with van der Waals surface area (Å²) in [4.78, 5) is 23.5. The van der Waals surface area contributed by atoms with Crippen LogP contribution in [0.1, 0.15) is 64.7 Å². The van der Waals surface area contributed by atoms with E-state index < -0.39 is 12.1 Å². The zero-order chi connectivity index (χ0) is 25.3. The maximum absolute atomic E-state index is 12.3. The van der Waals surface area contributed by atoms with Crippen molar-refractivity contribution in [3.05, 3.63) is 54.3 Å². The number of aliphatic hydroxyl groups excluding tert-OH is 1. The maximum Gasteiger partial charge on any atom is 0.335 e. The Morgan fingerprint density at radius 3 is 2.69 bits per heavy atom. The third-order valence-electron chi connectivity index (χ3n) is 6.08. The van der Waals surface area contributed by atoms with Gasteiger partial charge in [-0.25, -0.2) is 4.79 Å². The first kappa shape index (κ1) is 28.4. The minimum atomic E-state index is -1.18. The highest BCUT2D eigenvalue weighted by atomic mass is 16.5. The third kappa shape index (κ3) is 11.0. The molecular weight excluding hydrogens is 444 g/mol. The highest BCUT2D eigenvalue weighted by Crippen LogP contribution is 2.32. The lowest BCUT2D eigenvalue weighted by molar-refractivity contribution is -0.150. The van der Waals surface area contributed by atoms with Crippen molar-refractivity contribution < 1.29 is 28.9 Å². The number of allylic oxidation sites excluding steroid dienone is 1. The summed E-state index contributed by atoms with van der Waals surface area (Å²) < 4.78 is 16.2. The predicted octanol–water partition coefficient (Wildman–Crippen LogP) is 5.59. The van der Waals surface area contributed by atoms with E-state index in [1.165, 1.54) is 26.4 Å². The summed E-state index contributed by atoms with van der Waals surface area (Å²) >= 11 is 0. The number of esters is 1. The third-order valence-corrected chi connectivity index (χ3v) is 6.08. The molecule has 3 atom stereocenters. The van der Waals surface area contributed by atoms with Crippen LogP contribution in [-0.4, -0.2) is 43.3 Å². The number of hydrogen-bond donors (Lipinski definition) is 1. The molecule has 1 unspecified atom stereocenters. The molecule has 0 heterocycles. The number of rotatable bonds is 16. The molecule has 192 valence electrons. The standard InChI is InChI=1S/C29H40O6/c1-3-4-5-10-20-34-24-14-12-15-25(22-24)35-21-11-9-13-23-18-19-27(30)26(23)16-7-6-8-17-28(31)29(32)33-2/h7-9,12-15,22-23,26,28,31H,3-5,10-11,16-21H2,1-2H3/b13-9+/t6?,23-,26+,28?/m0/s1. The van der Waals surface area contributed by atoms with Crippen LogP contribution in [0.5, 0.6) is 11.5 Å². The molecule has 1 aliphatic carbocycles. The van der Waals surface area contributed by atoms with Crippen molar-refractivity contribution >= 4 is 11.8 Å². The van der Waals surface area contributed by atoms with E-state index in [-0.39, 0.29) is 24.0 Å². The second kappa shape index (κ2) is 16.7. The molecular formula is C29H40O6. The molecule has 6 nitrogen and oxygen atoms in total. The van der Waals surface area contributed by atoms with E-state index in [2.05, 4.69) is 29.5 Å². The van der Waals surface area contributed by atoms with Crippen molar-refractivity contribution in [1.29, 1.82) is 0 Å². The number of ether oxygens (including phenoxy) is 3. The molecule has 0 radical (unpaired) electrons. The zero-order valence-corrected chi connectivity index (χ0v) is 21.1. The summed E-state index contributed by atoms with van der Waals surface area (Å²) in [5.74, 6) is 1.41. The molecule has 0 saturated heterocycles. The first-order valence-electron chi connectivity index (χ1n) is 12.8. The van der Waals surface area contributed by atoms with Gasteiger partial charge in [0.25, 0.3) is 0 Å². The molecule has 0 bridgehead atoms.